The molecule has 0 aliphatic rings. The molecule has 4 nitrogen and oxygen atoms in total. The van der Waals surface area contributed by atoms with Gasteiger partial charge in [-0.25, -0.2) is 9.48 Å². The van der Waals surface area contributed by atoms with Crippen LogP contribution >= 0.6 is 11.6 Å². The van der Waals surface area contributed by atoms with Gasteiger partial charge in [0.05, 0.1) is 12.8 Å². The molecule has 2 rings (SSSR count). The maximum absolute atomic E-state index is 11.3. The number of nitrogens with zero attached hydrogens (tertiary/aromatic N) is 2. The molecule has 17 heavy (non-hydrogen) atoms. The van der Waals surface area contributed by atoms with E-state index < -0.39 is 5.97 Å². The minimum Gasteiger partial charge on any atom is -0.464 e. The van der Waals surface area contributed by atoms with Crippen molar-refractivity contribution >= 4 is 17.6 Å². The van der Waals surface area contributed by atoms with Gasteiger partial charge in [0.1, 0.15) is 5.15 Å². The molecular weight excluding hydrogens is 240 g/mol. The zero-order chi connectivity index (χ0) is 12.4. The average molecular weight is 251 g/mol. The maximum atomic E-state index is 11.3. The topological polar surface area (TPSA) is 44.1 Å². The van der Waals surface area contributed by atoms with Crippen LogP contribution in [0.3, 0.4) is 0 Å². The second-order valence-corrected chi connectivity index (χ2v) is 3.98. The van der Waals surface area contributed by atoms with Crippen LogP contribution in [0.5, 0.6) is 0 Å². The first-order chi connectivity index (χ1) is 8.11. The van der Waals surface area contributed by atoms with Gasteiger partial charge in [-0.05, 0) is 19.1 Å². The zero-order valence-corrected chi connectivity index (χ0v) is 10.2. The van der Waals surface area contributed by atoms with Crippen molar-refractivity contribution in [1.29, 1.82) is 0 Å². The van der Waals surface area contributed by atoms with Crippen LogP contribution in [0.15, 0.2) is 30.3 Å². The smallest absolute Gasteiger partial charge is 0.358 e. The Bertz CT molecular complexity index is 546. The van der Waals surface area contributed by atoms with E-state index in [9.17, 15) is 4.79 Å². The SMILES string of the molecule is COC(=O)c1cc(Cl)n(-c2ccc(C)cc2)n1. The van der Waals surface area contributed by atoms with Crippen molar-refractivity contribution in [3.8, 4) is 5.69 Å². The van der Waals surface area contributed by atoms with Crippen LogP contribution in [-0.4, -0.2) is 22.9 Å². The number of benzene rings is 1. The summed E-state index contributed by atoms with van der Waals surface area (Å²) in [6, 6.07) is 9.15. The molecule has 0 fully saturated rings. The summed E-state index contributed by atoms with van der Waals surface area (Å²) < 4.78 is 6.08. The first-order valence-corrected chi connectivity index (χ1v) is 5.40. The van der Waals surface area contributed by atoms with Crippen molar-refractivity contribution in [2.24, 2.45) is 0 Å². The molecule has 0 atom stereocenters. The molecule has 1 aromatic carbocycles. The van der Waals surface area contributed by atoms with E-state index in [4.69, 9.17) is 11.6 Å². The number of ether oxygens (including phenoxy) is 1. The van der Waals surface area contributed by atoms with Gasteiger partial charge in [0.15, 0.2) is 5.69 Å². The number of rotatable bonds is 2. The lowest BCUT2D eigenvalue weighted by molar-refractivity contribution is 0.0593. The Hall–Kier alpha value is -1.81. The van der Waals surface area contributed by atoms with Gasteiger partial charge in [-0.2, -0.15) is 5.10 Å². The highest BCUT2D eigenvalue weighted by atomic mass is 35.5. The second-order valence-electron chi connectivity index (χ2n) is 3.59. The molecule has 0 N–H and O–H groups in total. The summed E-state index contributed by atoms with van der Waals surface area (Å²) in [5.74, 6) is -0.502. The van der Waals surface area contributed by atoms with Crippen molar-refractivity contribution in [2.45, 2.75) is 6.92 Å². The molecule has 88 valence electrons. The summed E-state index contributed by atoms with van der Waals surface area (Å²) in [7, 11) is 1.31. The van der Waals surface area contributed by atoms with Crippen LogP contribution in [0.2, 0.25) is 5.15 Å². The Labute approximate surface area is 104 Å². The molecule has 0 unspecified atom stereocenters. The Morgan fingerprint density at radius 2 is 2.00 bits per heavy atom. The van der Waals surface area contributed by atoms with Crippen molar-refractivity contribution in [3.05, 3.63) is 46.7 Å². The minimum absolute atomic E-state index is 0.193. The molecule has 1 aromatic heterocycles. The zero-order valence-electron chi connectivity index (χ0n) is 9.48. The fourth-order valence-corrected chi connectivity index (χ4v) is 1.67. The van der Waals surface area contributed by atoms with E-state index in [1.807, 2.05) is 31.2 Å². The van der Waals surface area contributed by atoms with Crippen LogP contribution < -0.4 is 0 Å². The lowest BCUT2D eigenvalue weighted by Crippen LogP contribution is -2.04. The van der Waals surface area contributed by atoms with Gasteiger partial charge in [0.2, 0.25) is 0 Å². The summed E-state index contributed by atoms with van der Waals surface area (Å²) in [5, 5.41) is 4.46. The Kier molecular flexibility index (Phi) is 3.15. The molecule has 0 saturated carbocycles. The minimum atomic E-state index is -0.502. The molecule has 0 aliphatic carbocycles. The van der Waals surface area contributed by atoms with Crippen LogP contribution in [0, 0.1) is 6.92 Å². The molecule has 0 saturated heterocycles. The first-order valence-electron chi connectivity index (χ1n) is 5.03. The predicted molar refractivity (Wildman–Crippen MR) is 64.7 cm³/mol. The fraction of sp³-hybridized carbons (Fsp3) is 0.167. The van der Waals surface area contributed by atoms with Crippen molar-refractivity contribution < 1.29 is 9.53 Å². The normalized spacial score (nSPS) is 10.3. The maximum Gasteiger partial charge on any atom is 0.358 e. The Balaban J connectivity index is 2.42. The molecule has 5 heteroatoms. The van der Waals surface area contributed by atoms with Gasteiger partial charge >= 0.3 is 5.97 Å². The van der Waals surface area contributed by atoms with Gasteiger partial charge in [0.25, 0.3) is 0 Å². The predicted octanol–water partition coefficient (Wildman–Crippen LogP) is 2.62. The van der Waals surface area contributed by atoms with E-state index in [0.29, 0.717) is 5.15 Å². The third-order valence-electron chi connectivity index (χ3n) is 2.34. The first kappa shape index (κ1) is 11.7. The lowest BCUT2D eigenvalue weighted by Gasteiger charge is -2.02. The second kappa shape index (κ2) is 4.59. The molecular formula is C12H11ClN2O2. The summed E-state index contributed by atoms with van der Waals surface area (Å²) in [6.07, 6.45) is 0. The highest BCUT2D eigenvalue weighted by Crippen LogP contribution is 2.18. The van der Waals surface area contributed by atoms with Gasteiger partial charge < -0.3 is 4.74 Å². The third-order valence-corrected chi connectivity index (χ3v) is 2.61. The van der Waals surface area contributed by atoms with Gasteiger partial charge in [-0.15, -0.1) is 0 Å². The molecule has 0 radical (unpaired) electrons. The number of carbonyl (C=O) groups is 1. The number of carbonyl (C=O) groups excluding carboxylic acids is 1. The van der Waals surface area contributed by atoms with Crippen molar-refractivity contribution in [1.82, 2.24) is 9.78 Å². The van der Waals surface area contributed by atoms with E-state index in [1.165, 1.54) is 17.9 Å². The Morgan fingerprint density at radius 1 is 1.35 bits per heavy atom. The van der Waals surface area contributed by atoms with Crippen LogP contribution in [0.25, 0.3) is 5.69 Å². The highest BCUT2D eigenvalue weighted by molar-refractivity contribution is 6.30. The lowest BCUT2D eigenvalue weighted by atomic mass is 10.2. The van der Waals surface area contributed by atoms with Gasteiger partial charge in [-0.3, -0.25) is 0 Å². The van der Waals surface area contributed by atoms with E-state index >= 15 is 0 Å². The van der Waals surface area contributed by atoms with E-state index in [0.717, 1.165) is 11.3 Å². The van der Waals surface area contributed by atoms with E-state index in [2.05, 4.69) is 9.84 Å². The van der Waals surface area contributed by atoms with Gasteiger partial charge in [0, 0.05) is 6.07 Å². The number of methoxy groups -OCH3 is 1. The summed E-state index contributed by atoms with van der Waals surface area (Å²) >= 11 is 6.01. The summed E-state index contributed by atoms with van der Waals surface area (Å²) in [6.45, 7) is 1.99. The van der Waals surface area contributed by atoms with E-state index in [1.54, 1.807) is 0 Å². The summed E-state index contributed by atoms with van der Waals surface area (Å²) in [4.78, 5) is 11.3. The molecule has 0 spiro atoms. The molecule has 2 aromatic rings. The third kappa shape index (κ3) is 2.31. The molecule has 0 aliphatic heterocycles. The number of aromatic nitrogens is 2. The number of halogens is 1. The van der Waals surface area contributed by atoms with Crippen molar-refractivity contribution in [2.75, 3.05) is 7.11 Å². The van der Waals surface area contributed by atoms with E-state index in [-0.39, 0.29) is 5.69 Å². The highest BCUT2D eigenvalue weighted by Gasteiger charge is 2.14. The fourth-order valence-electron chi connectivity index (χ4n) is 1.43. The monoisotopic (exact) mass is 250 g/mol. The van der Waals surface area contributed by atoms with Crippen molar-refractivity contribution in [3.63, 3.8) is 0 Å². The number of hydrogen-bond acceptors (Lipinski definition) is 3. The molecule has 1 heterocycles. The average Bonchev–Trinajstić information content (AvgIpc) is 2.71. The van der Waals surface area contributed by atoms with Crippen LogP contribution in [-0.2, 0) is 4.74 Å². The largest absolute Gasteiger partial charge is 0.464 e. The van der Waals surface area contributed by atoms with Crippen LogP contribution in [0.1, 0.15) is 16.1 Å². The molecule has 0 amide bonds. The number of aryl methyl sites for hydroxylation is 1. The summed E-state index contributed by atoms with van der Waals surface area (Å²) in [5.41, 5.74) is 2.14. The van der Waals surface area contributed by atoms with Gasteiger partial charge in [-0.1, -0.05) is 29.3 Å². The van der Waals surface area contributed by atoms with Crippen LogP contribution in [0.4, 0.5) is 0 Å². The Morgan fingerprint density at radius 3 is 2.59 bits per heavy atom. The molecule has 0 bridgehead atoms. The standard InChI is InChI=1S/C12H11ClN2O2/c1-8-3-5-9(6-4-8)15-11(13)7-10(14-15)12(16)17-2/h3-7H,1-2H3. The number of hydrogen-bond donors (Lipinski definition) is 0. The number of esters is 1. The quantitative estimate of drug-likeness (QED) is 0.770.